The second kappa shape index (κ2) is 6.52. The van der Waals surface area contributed by atoms with E-state index in [0.29, 0.717) is 0 Å². The maximum absolute atomic E-state index is 11.8. The Morgan fingerprint density at radius 2 is 2.10 bits per heavy atom. The minimum Gasteiger partial charge on any atom is -0.341 e. The second-order valence-corrected chi connectivity index (χ2v) is 5.15. The van der Waals surface area contributed by atoms with E-state index in [1.54, 1.807) is 0 Å². The van der Waals surface area contributed by atoms with E-state index in [1.165, 1.54) is 18.2 Å². The average molecular weight is 275 g/mol. The molecular formula is C15H21N3O2. The Morgan fingerprint density at radius 1 is 1.35 bits per heavy atom. The van der Waals surface area contributed by atoms with Gasteiger partial charge < -0.3 is 5.32 Å². The summed E-state index contributed by atoms with van der Waals surface area (Å²) in [6.45, 7) is 0.215. The maximum atomic E-state index is 11.8. The Bertz CT molecular complexity index is 502. The fourth-order valence-electron chi connectivity index (χ4n) is 2.75. The van der Waals surface area contributed by atoms with Crippen molar-refractivity contribution in [2.45, 2.75) is 25.3 Å². The highest BCUT2D eigenvalue weighted by Crippen LogP contribution is 2.33. The van der Waals surface area contributed by atoms with Crippen LogP contribution in [0.4, 0.5) is 4.79 Å². The van der Waals surface area contributed by atoms with Crippen molar-refractivity contribution in [3.8, 4) is 0 Å². The van der Waals surface area contributed by atoms with Gasteiger partial charge in [0.05, 0.1) is 6.54 Å². The Labute approximate surface area is 119 Å². The van der Waals surface area contributed by atoms with Gasteiger partial charge in [-0.3, -0.25) is 15.0 Å². The number of amides is 3. The summed E-state index contributed by atoms with van der Waals surface area (Å²) in [5, 5.41) is 4.67. The monoisotopic (exact) mass is 275 g/mol. The lowest BCUT2D eigenvalue weighted by Gasteiger charge is -2.32. The number of nitrogens with one attached hydrogen (secondary N) is 2. The maximum Gasteiger partial charge on any atom is 0.321 e. The highest BCUT2D eigenvalue weighted by molar-refractivity contribution is 5.95. The van der Waals surface area contributed by atoms with E-state index in [0.717, 1.165) is 19.3 Å². The van der Waals surface area contributed by atoms with Crippen molar-refractivity contribution in [2.75, 3.05) is 20.6 Å². The molecule has 0 saturated heterocycles. The molecule has 5 nitrogen and oxygen atoms in total. The van der Waals surface area contributed by atoms with Crippen LogP contribution in [-0.2, 0) is 11.2 Å². The van der Waals surface area contributed by atoms with Crippen LogP contribution < -0.4 is 10.6 Å². The highest BCUT2D eigenvalue weighted by atomic mass is 16.2. The van der Waals surface area contributed by atoms with E-state index in [4.69, 9.17) is 0 Å². The third-order valence-electron chi connectivity index (χ3n) is 3.74. The van der Waals surface area contributed by atoms with Crippen molar-refractivity contribution in [3.63, 3.8) is 0 Å². The molecule has 5 heteroatoms. The molecule has 2 rings (SSSR count). The molecule has 1 aromatic rings. The van der Waals surface area contributed by atoms with E-state index < -0.39 is 6.03 Å². The van der Waals surface area contributed by atoms with E-state index in [9.17, 15) is 9.59 Å². The number of nitrogens with zero attached hydrogens (tertiary/aromatic N) is 1. The number of carbonyl (C=O) groups is 2. The number of rotatable bonds is 3. The first-order chi connectivity index (χ1) is 9.61. The molecule has 2 N–H and O–H groups in total. The van der Waals surface area contributed by atoms with Crippen molar-refractivity contribution in [2.24, 2.45) is 0 Å². The summed E-state index contributed by atoms with van der Waals surface area (Å²) < 4.78 is 0. The van der Waals surface area contributed by atoms with Gasteiger partial charge in [-0.2, -0.15) is 0 Å². The molecule has 0 aromatic heterocycles. The topological polar surface area (TPSA) is 61.4 Å². The molecule has 0 aliphatic heterocycles. The third kappa shape index (κ3) is 3.36. The zero-order valence-corrected chi connectivity index (χ0v) is 12.0. The van der Waals surface area contributed by atoms with E-state index in [2.05, 4.69) is 28.8 Å². The summed E-state index contributed by atoms with van der Waals surface area (Å²) in [5.74, 6) is -0.282. The van der Waals surface area contributed by atoms with Crippen LogP contribution in [0.2, 0.25) is 0 Å². The Morgan fingerprint density at radius 3 is 2.85 bits per heavy atom. The lowest BCUT2D eigenvalue weighted by Crippen LogP contribution is -2.43. The number of carbonyl (C=O) groups excluding carboxylic acids is 2. The van der Waals surface area contributed by atoms with Gasteiger partial charge in [-0.25, -0.2) is 4.79 Å². The van der Waals surface area contributed by atoms with Gasteiger partial charge in [0.2, 0.25) is 5.91 Å². The Balaban J connectivity index is 2.02. The molecule has 0 radical (unpaired) electrons. The zero-order chi connectivity index (χ0) is 14.5. The number of hydrogen-bond acceptors (Lipinski definition) is 3. The Kier molecular flexibility index (Phi) is 4.74. The van der Waals surface area contributed by atoms with Crippen LogP contribution in [0.25, 0.3) is 0 Å². The summed E-state index contributed by atoms with van der Waals surface area (Å²) >= 11 is 0. The molecule has 0 unspecified atom stereocenters. The summed E-state index contributed by atoms with van der Waals surface area (Å²) in [7, 11) is 3.42. The molecule has 0 heterocycles. The van der Waals surface area contributed by atoms with Gasteiger partial charge in [0.1, 0.15) is 0 Å². The van der Waals surface area contributed by atoms with Crippen LogP contribution in [0.3, 0.4) is 0 Å². The van der Waals surface area contributed by atoms with Gasteiger partial charge in [-0.1, -0.05) is 24.3 Å². The molecule has 1 aromatic carbocycles. The fourth-order valence-corrected chi connectivity index (χ4v) is 2.75. The van der Waals surface area contributed by atoms with Crippen LogP contribution >= 0.6 is 0 Å². The Hall–Kier alpha value is -1.88. The van der Waals surface area contributed by atoms with Crippen molar-refractivity contribution < 1.29 is 9.59 Å². The standard InChI is InChI=1S/C15H21N3O2/c1-16-15(20)17-14(19)10-18(2)13-9-5-7-11-6-3-4-8-12(11)13/h3-4,6,8,13H,5,7,9-10H2,1-2H3,(H2,16,17,19,20)/t13-/m1/s1. The molecule has 0 spiro atoms. The number of benzene rings is 1. The zero-order valence-electron chi connectivity index (χ0n) is 12.0. The molecule has 0 saturated carbocycles. The van der Waals surface area contributed by atoms with Crippen LogP contribution in [0.1, 0.15) is 30.0 Å². The molecule has 1 aliphatic rings. The van der Waals surface area contributed by atoms with Crippen molar-refractivity contribution in [3.05, 3.63) is 35.4 Å². The van der Waals surface area contributed by atoms with E-state index in [1.807, 2.05) is 18.0 Å². The van der Waals surface area contributed by atoms with Crippen molar-refractivity contribution in [1.82, 2.24) is 15.5 Å². The number of hydrogen-bond donors (Lipinski definition) is 2. The van der Waals surface area contributed by atoms with Crippen LogP contribution in [0, 0.1) is 0 Å². The van der Waals surface area contributed by atoms with Gasteiger partial charge >= 0.3 is 6.03 Å². The predicted molar refractivity (Wildman–Crippen MR) is 77.3 cm³/mol. The molecule has 3 amide bonds. The van der Waals surface area contributed by atoms with Gasteiger partial charge in [-0.05, 0) is 37.4 Å². The number of imide groups is 1. The molecular weight excluding hydrogens is 254 g/mol. The lowest BCUT2D eigenvalue weighted by atomic mass is 9.87. The largest absolute Gasteiger partial charge is 0.341 e. The number of aryl methyl sites for hydroxylation is 1. The van der Waals surface area contributed by atoms with Gasteiger partial charge in [0.15, 0.2) is 0 Å². The van der Waals surface area contributed by atoms with E-state index >= 15 is 0 Å². The smallest absolute Gasteiger partial charge is 0.321 e. The van der Waals surface area contributed by atoms with Gasteiger partial charge in [0, 0.05) is 13.1 Å². The third-order valence-corrected chi connectivity index (χ3v) is 3.74. The molecule has 0 bridgehead atoms. The first kappa shape index (κ1) is 14.5. The lowest BCUT2D eigenvalue weighted by molar-refractivity contribution is -0.121. The SMILES string of the molecule is CNC(=O)NC(=O)CN(C)[C@@H]1CCCc2ccccc21. The highest BCUT2D eigenvalue weighted by Gasteiger charge is 2.24. The normalized spacial score (nSPS) is 17.4. The van der Waals surface area contributed by atoms with E-state index in [-0.39, 0.29) is 18.5 Å². The quantitative estimate of drug-likeness (QED) is 0.877. The predicted octanol–water partition coefficient (Wildman–Crippen LogP) is 1.45. The molecule has 0 fully saturated rings. The molecule has 108 valence electrons. The van der Waals surface area contributed by atoms with Crippen LogP contribution in [0.5, 0.6) is 0 Å². The number of urea groups is 1. The van der Waals surface area contributed by atoms with Crippen LogP contribution in [-0.4, -0.2) is 37.5 Å². The minimum atomic E-state index is -0.465. The minimum absolute atomic E-state index is 0.215. The number of likely N-dealkylation sites (N-methyl/N-ethyl adjacent to an activating group) is 1. The summed E-state index contributed by atoms with van der Waals surface area (Å²) in [6.07, 6.45) is 3.27. The number of fused-ring (bicyclic) bond motifs is 1. The summed E-state index contributed by atoms with van der Waals surface area (Å²) in [6, 6.07) is 8.16. The average Bonchev–Trinajstić information content (AvgIpc) is 2.46. The first-order valence-corrected chi connectivity index (χ1v) is 6.91. The van der Waals surface area contributed by atoms with Crippen molar-refractivity contribution >= 4 is 11.9 Å². The fraction of sp³-hybridized carbons (Fsp3) is 0.467. The van der Waals surface area contributed by atoms with Gasteiger partial charge in [-0.15, -0.1) is 0 Å². The molecule has 20 heavy (non-hydrogen) atoms. The van der Waals surface area contributed by atoms with Crippen LogP contribution in [0.15, 0.2) is 24.3 Å². The summed E-state index contributed by atoms with van der Waals surface area (Å²) in [5.41, 5.74) is 2.66. The van der Waals surface area contributed by atoms with Crippen molar-refractivity contribution in [1.29, 1.82) is 0 Å². The molecule has 1 aliphatic carbocycles. The second-order valence-electron chi connectivity index (χ2n) is 5.15. The summed E-state index contributed by atoms with van der Waals surface area (Å²) in [4.78, 5) is 24.9. The molecule has 1 atom stereocenters. The first-order valence-electron chi connectivity index (χ1n) is 6.91. The van der Waals surface area contributed by atoms with Gasteiger partial charge in [0.25, 0.3) is 0 Å².